The van der Waals surface area contributed by atoms with E-state index in [9.17, 15) is 0 Å². The van der Waals surface area contributed by atoms with E-state index in [0.29, 0.717) is 0 Å². The normalized spacial score (nSPS) is 14.2. The van der Waals surface area contributed by atoms with E-state index in [1.807, 2.05) is 0 Å². The van der Waals surface area contributed by atoms with E-state index in [4.69, 9.17) is 23.7 Å². The number of rotatable bonds is 5. The first-order chi connectivity index (χ1) is 31.3. The van der Waals surface area contributed by atoms with Crippen molar-refractivity contribution < 1.29 is 23.7 Å². The second kappa shape index (κ2) is 20.1. The van der Waals surface area contributed by atoms with Gasteiger partial charge in [0.05, 0.1) is 35.5 Å². The van der Waals surface area contributed by atoms with Gasteiger partial charge in [0.25, 0.3) is 0 Å². The maximum Gasteiger partial charge on any atom is 0.126 e. The molecule has 0 saturated heterocycles. The van der Waals surface area contributed by atoms with Gasteiger partial charge in [-0.15, -0.1) is 0 Å². The lowest BCUT2D eigenvalue weighted by molar-refractivity contribution is 0.413. The van der Waals surface area contributed by atoms with Crippen LogP contribution in [0.5, 0.6) is 28.7 Å². The van der Waals surface area contributed by atoms with Crippen molar-refractivity contribution in [3.05, 3.63) is 179 Å². The molecule has 0 aromatic heterocycles. The first kappa shape index (κ1) is 45.8. The Bertz CT molecular complexity index is 2970. The van der Waals surface area contributed by atoms with Crippen molar-refractivity contribution in [1.82, 2.24) is 0 Å². The van der Waals surface area contributed by atoms with Crippen LogP contribution in [0.2, 0.25) is 0 Å². The van der Waals surface area contributed by atoms with Crippen LogP contribution in [0.25, 0.3) is 72.9 Å². The number of aryl methyl sites for hydroxylation is 7. The Morgan fingerprint density at radius 2 is 0.308 bits per heavy atom. The van der Waals surface area contributed by atoms with Gasteiger partial charge in [-0.25, -0.2) is 0 Å². The zero-order valence-corrected chi connectivity index (χ0v) is 39.9. The van der Waals surface area contributed by atoms with Gasteiger partial charge in [0.2, 0.25) is 0 Å². The third-order valence-corrected chi connectivity index (χ3v) is 12.4. The van der Waals surface area contributed by atoms with E-state index < -0.39 is 0 Å². The highest BCUT2D eigenvalue weighted by Gasteiger charge is 2.12. The molecule has 0 amide bonds. The molecule has 0 aliphatic heterocycles. The molecule has 0 unspecified atom stereocenters. The summed E-state index contributed by atoms with van der Waals surface area (Å²) in [4.78, 5) is 0. The van der Waals surface area contributed by atoms with Crippen LogP contribution in [0.4, 0.5) is 0 Å². The van der Waals surface area contributed by atoms with Crippen molar-refractivity contribution in [2.24, 2.45) is 0 Å². The van der Waals surface area contributed by atoms with Crippen LogP contribution >= 0.6 is 0 Å². The van der Waals surface area contributed by atoms with E-state index in [2.05, 4.69) is 194 Å². The molecular weight excluding hydrogens is 801 g/mol. The first-order valence-electron chi connectivity index (χ1n) is 22.0. The summed E-state index contributed by atoms with van der Waals surface area (Å²) in [5.41, 5.74) is 20.7. The van der Waals surface area contributed by atoms with E-state index in [-0.39, 0.29) is 0 Å². The Morgan fingerprint density at radius 1 is 0.185 bits per heavy atom. The van der Waals surface area contributed by atoms with Crippen LogP contribution in [0.3, 0.4) is 0 Å². The topological polar surface area (TPSA) is 46.2 Å². The smallest absolute Gasteiger partial charge is 0.126 e. The summed E-state index contributed by atoms with van der Waals surface area (Å²) < 4.78 is 29.7. The minimum Gasteiger partial charge on any atom is -0.496 e. The quantitative estimate of drug-likeness (QED) is 0.173. The van der Waals surface area contributed by atoms with Gasteiger partial charge in [0, 0.05) is 27.8 Å². The molecule has 12 bridgehead atoms. The molecule has 5 nitrogen and oxygen atoms in total. The van der Waals surface area contributed by atoms with E-state index in [1.165, 1.54) is 11.1 Å². The van der Waals surface area contributed by atoms with Crippen molar-refractivity contribution in [3.8, 4) is 28.7 Å². The summed E-state index contributed by atoms with van der Waals surface area (Å²) in [6.45, 7) is 15.0. The van der Waals surface area contributed by atoms with Gasteiger partial charge in [0.1, 0.15) is 28.7 Å². The molecule has 0 N–H and O–H groups in total. The molecule has 0 heterocycles. The van der Waals surface area contributed by atoms with Crippen molar-refractivity contribution >= 4 is 72.9 Å². The molecule has 6 aromatic rings. The van der Waals surface area contributed by atoms with Crippen LogP contribution < -0.4 is 23.7 Å². The molecule has 22 rings (SSSR count). The number of hydrogen-bond acceptors (Lipinski definition) is 5. The predicted molar refractivity (Wildman–Crippen MR) is 278 cm³/mol. The molecule has 0 atom stereocenters. The fourth-order valence-electron chi connectivity index (χ4n) is 8.36. The van der Waals surface area contributed by atoms with Gasteiger partial charge in [-0.2, -0.15) is 0 Å². The van der Waals surface area contributed by atoms with Gasteiger partial charge < -0.3 is 23.7 Å². The molecule has 6 aromatic carbocycles. The van der Waals surface area contributed by atoms with E-state index in [0.717, 1.165) is 123 Å². The lowest BCUT2D eigenvalue weighted by Crippen LogP contribution is -1.94. The molecule has 5 heteroatoms. The second-order valence-electron chi connectivity index (χ2n) is 16.8. The number of ether oxygens (including phenoxy) is 5. The summed E-state index contributed by atoms with van der Waals surface area (Å²) in [5, 5.41) is 0. The lowest BCUT2D eigenvalue weighted by atomic mass is 9.96. The first-order valence-corrected chi connectivity index (χ1v) is 22.0. The van der Waals surface area contributed by atoms with Crippen molar-refractivity contribution in [3.63, 3.8) is 0 Å². The molecule has 0 saturated carbocycles. The number of hydrogen-bond donors (Lipinski definition) is 0. The third-order valence-electron chi connectivity index (χ3n) is 12.4. The standard InChI is InChI=1S/C60H60O5/c1-37-26-45-16-21-52-30-42(6)49(35-59(52)64-11)19-24-55-31-43(7)50(36-60(55)65-12)18-23-54-28-40(4)47(33-57(54)62-9)14-13-46-32-56(61-8)53(27-39(46)3)22-17-48-34-58(63-10)51(29-41(48)5)20-15-44(37)25-38(45)2/h13-36H,1-12H3/b14-13?,20-15+,21-16+,22-17+,23-18?,24-19-,44-15?,45-16?,46-13?,47-14?,48-17?,49-19?,50-18?,51-20?,52-21?,53-22?,54-23?,55-24?. The van der Waals surface area contributed by atoms with E-state index in [1.54, 1.807) is 35.5 Å². The van der Waals surface area contributed by atoms with Gasteiger partial charge in [-0.3, -0.25) is 0 Å². The summed E-state index contributed by atoms with van der Waals surface area (Å²) in [6, 6.07) is 25.9. The summed E-state index contributed by atoms with van der Waals surface area (Å²) in [6.07, 6.45) is 25.6. The predicted octanol–water partition coefficient (Wildman–Crippen LogP) is 15.2. The third kappa shape index (κ3) is 10.3. The average Bonchev–Trinajstić information content (AvgIpc) is 3.29. The Labute approximate surface area is 386 Å². The monoisotopic (exact) mass is 860 g/mol. The average molecular weight is 861 g/mol. The molecule has 16 aliphatic carbocycles. The highest BCUT2D eigenvalue weighted by molar-refractivity contribution is 5.84. The summed E-state index contributed by atoms with van der Waals surface area (Å²) in [5.74, 6) is 3.99. The number of benzene rings is 6. The molecule has 0 fully saturated rings. The van der Waals surface area contributed by atoms with Crippen molar-refractivity contribution in [2.75, 3.05) is 35.5 Å². The number of methoxy groups -OCH3 is 5. The van der Waals surface area contributed by atoms with Crippen molar-refractivity contribution in [1.29, 1.82) is 0 Å². The maximum absolute atomic E-state index is 5.94. The second-order valence-corrected chi connectivity index (χ2v) is 16.8. The van der Waals surface area contributed by atoms with Crippen LogP contribution in [0.1, 0.15) is 106 Å². The molecular formula is C60H60O5. The Morgan fingerprint density at radius 3 is 0.462 bits per heavy atom. The van der Waals surface area contributed by atoms with Crippen LogP contribution in [0, 0.1) is 48.5 Å². The van der Waals surface area contributed by atoms with Gasteiger partial charge in [0.15, 0.2) is 0 Å². The fraction of sp³-hybridized carbons (Fsp3) is 0.200. The zero-order chi connectivity index (χ0) is 46.4. The van der Waals surface area contributed by atoms with Gasteiger partial charge in [-0.05, 0) is 187 Å². The highest BCUT2D eigenvalue weighted by Crippen LogP contribution is 2.34. The van der Waals surface area contributed by atoms with Crippen LogP contribution in [0.15, 0.2) is 72.8 Å². The van der Waals surface area contributed by atoms with Crippen molar-refractivity contribution in [2.45, 2.75) is 48.5 Å². The maximum atomic E-state index is 5.94. The van der Waals surface area contributed by atoms with E-state index >= 15 is 0 Å². The van der Waals surface area contributed by atoms with Crippen LogP contribution in [-0.4, -0.2) is 35.5 Å². The molecule has 0 radical (unpaired) electrons. The Hall–Kier alpha value is -7.24. The largest absolute Gasteiger partial charge is 0.496 e. The Kier molecular flexibility index (Phi) is 14.1. The zero-order valence-electron chi connectivity index (χ0n) is 39.9. The summed E-state index contributed by atoms with van der Waals surface area (Å²) in [7, 11) is 8.60. The molecule has 65 heavy (non-hydrogen) atoms. The Balaban J connectivity index is 1.33. The minimum absolute atomic E-state index is 0.791. The lowest BCUT2D eigenvalue weighted by Gasteiger charge is -2.13. The van der Waals surface area contributed by atoms with Gasteiger partial charge in [-0.1, -0.05) is 85.0 Å². The minimum atomic E-state index is 0.791. The SMILES string of the molecule is COc1cc2c(C)cc1C=Cc1cc(OC)c(cc1C)/C=C\c1cc(OC)c(cc1C)/C=C/c1cc(C)c(cc1C)/C=C/c1cc(C)c(cc1OC)/C=C/c1cc(C)c(cc1OC)C=C2. The molecule has 330 valence electrons. The molecule has 16 aliphatic rings. The van der Waals surface area contributed by atoms with Crippen LogP contribution in [-0.2, 0) is 0 Å². The fourth-order valence-corrected chi connectivity index (χ4v) is 8.36. The summed E-state index contributed by atoms with van der Waals surface area (Å²) >= 11 is 0. The highest BCUT2D eigenvalue weighted by atomic mass is 16.5. The van der Waals surface area contributed by atoms with Gasteiger partial charge >= 0.3 is 0 Å². The molecule has 0 spiro atoms.